The van der Waals surface area contributed by atoms with Crippen molar-refractivity contribution in [1.82, 2.24) is 14.5 Å². The van der Waals surface area contributed by atoms with Crippen molar-refractivity contribution >= 4 is 22.6 Å². The largest absolute Gasteiger partial charge is 0.383 e. The van der Waals surface area contributed by atoms with Crippen LogP contribution in [0.1, 0.15) is 31.7 Å². The van der Waals surface area contributed by atoms with Crippen LogP contribution in [-0.4, -0.2) is 20.3 Å². The molecule has 0 aliphatic heterocycles. The summed E-state index contributed by atoms with van der Waals surface area (Å²) in [6.07, 6.45) is 6.62. The molecule has 0 atom stereocenters. The Bertz CT molecular complexity index is 565. The lowest BCUT2D eigenvalue weighted by atomic mass is 9.94. The summed E-state index contributed by atoms with van der Waals surface area (Å²) >= 11 is 0. The molecule has 17 heavy (non-hydrogen) atoms. The van der Waals surface area contributed by atoms with E-state index in [0.29, 0.717) is 30.5 Å². The highest BCUT2D eigenvalue weighted by Crippen LogP contribution is 2.30. The fourth-order valence-corrected chi connectivity index (χ4v) is 2.49. The fourth-order valence-electron chi connectivity index (χ4n) is 2.49. The second-order valence-electron chi connectivity index (χ2n) is 4.49. The zero-order chi connectivity index (χ0) is 11.8. The van der Waals surface area contributed by atoms with Gasteiger partial charge in [-0.3, -0.25) is 4.79 Å². The van der Waals surface area contributed by atoms with Crippen LogP contribution in [0.5, 0.6) is 0 Å². The van der Waals surface area contributed by atoms with Gasteiger partial charge in [-0.25, -0.2) is 9.97 Å². The first-order valence-corrected chi connectivity index (χ1v) is 5.84. The first-order valence-electron chi connectivity index (χ1n) is 5.84. The average molecular weight is 230 g/mol. The second kappa shape index (κ2) is 3.84. The molecule has 5 heteroatoms. The summed E-state index contributed by atoms with van der Waals surface area (Å²) in [5.41, 5.74) is 6.67. The van der Waals surface area contributed by atoms with Crippen molar-refractivity contribution in [3.05, 3.63) is 18.6 Å². The number of carbonyl (C=O) groups excluding carboxylic acids is 1. The summed E-state index contributed by atoms with van der Waals surface area (Å²) in [6.45, 7) is 0. The molecule has 1 aliphatic carbocycles. The summed E-state index contributed by atoms with van der Waals surface area (Å²) in [6, 6.07) is 2.31. The third-order valence-corrected chi connectivity index (χ3v) is 3.45. The van der Waals surface area contributed by atoms with Crippen LogP contribution in [0.15, 0.2) is 18.6 Å². The lowest BCUT2D eigenvalue weighted by Gasteiger charge is -2.23. The first-order chi connectivity index (χ1) is 8.25. The van der Waals surface area contributed by atoms with Crippen molar-refractivity contribution in [2.75, 3.05) is 5.73 Å². The highest BCUT2D eigenvalue weighted by atomic mass is 16.1. The van der Waals surface area contributed by atoms with E-state index < -0.39 is 0 Å². The van der Waals surface area contributed by atoms with Crippen LogP contribution >= 0.6 is 0 Å². The van der Waals surface area contributed by atoms with Gasteiger partial charge in [0, 0.05) is 25.1 Å². The number of nitrogens with two attached hydrogens (primary N) is 1. The summed E-state index contributed by atoms with van der Waals surface area (Å²) in [5, 5.41) is 0.893. The van der Waals surface area contributed by atoms with Gasteiger partial charge < -0.3 is 10.3 Å². The SMILES string of the molecule is Nc1ncnc2c1ccn2C1CCC(=O)CC1. The molecular formula is C12H14N4O. The molecule has 88 valence electrons. The molecule has 1 saturated carbocycles. The molecule has 0 saturated heterocycles. The molecule has 1 aliphatic rings. The number of fused-ring (bicyclic) bond motifs is 1. The molecule has 0 amide bonds. The van der Waals surface area contributed by atoms with Crippen molar-refractivity contribution < 1.29 is 4.79 Å². The van der Waals surface area contributed by atoms with Gasteiger partial charge in [0.1, 0.15) is 23.6 Å². The van der Waals surface area contributed by atoms with Gasteiger partial charge in [-0.1, -0.05) is 0 Å². The molecule has 1 fully saturated rings. The molecule has 2 aromatic rings. The molecular weight excluding hydrogens is 216 g/mol. The van der Waals surface area contributed by atoms with E-state index in [2.05, 4.69) is 14.5 Å². The summed E-state index contributed by atoms with van der Waals surface area (Å²) in [5.74, 6) is 0.882. The number of hydrogen-bond donors (Lipinski definition) is 1. The second-order valence-corrected chi connectivity index (χ2v) is 4.49. The molecule has 0 radical (unpaired) electrons. The van der Waals surface area contributed by atoms with E-state index in [1.807, 2.05) is 12.3 Å². The van der Waals surface area contributed by atoms with E-state index in [9.17, 15) is 4.79 Å². The normalized spacial score (nSPS) is 17.8. The smallest absolute Gasteiger partial charge is 0.145 e. The minimum absolute atomic E-state index is 0.361. The Hall–Kier alpha value is -1.91. The van der Waals surface area contributed by atoms with Crippen LogP contribution in [-0.2, 0) is 4.79 Å². The van der Waals surface area contributed by atoms with Crippen molar-refractivity contribution in [2.45, 2.75) is 31.7 Å². The molecule has 0 unspecified atom stereocenters. The van der Waals surface area contributed by atoms with Crippen molar-refractivity contribution in [3.63, 3.8) is 0 Å². The number of nitrogens with zero attached hydrogens (tertiary/aromatic N) is 3. The van der Waals surface area contributed by atoms with Crippen LogP contribution in [0, 0.1) is 0 Å². The number of ketones is 1. The molecule has 0 bridgehead atoms. The van der Waals surface area contributed by atoms with Gasteiger partial charge in [-0.15, -0.1) is 0 Å². The Morgan fingerprint density at radius 3 is 2.82 bits per heavy atom. The summed E-state index contributed by atoms with van der Waals surface area (Å²) in [4.78, 5) is 19.5. The monoisotopic (exact) mass is 230 g/mol. The van der Waals surface area contributed by atoms with Crippen LogP contribution in [0.4, 0.5) is 5.82 Å². The number of rotatable bonds is 1. The Balaban J connectivity index is 2.01. The Morgan fingerprint density at radius 1 is 1.29 bits per heavy atom. The minimum atomic E-state index is 0.361. The van der Waals surface area contributed by atoms with Gasteiger partial charge >= 0.3 is 0 Å². The maximum Gasteiger partial charge on any atom is 0.145 e. The number of aromatic nitrogens is 3. The van der Waals surface area contributed by atoms with Gasteiger partial charge in [0.25, 0.3) is 0 Å². The number of Topliss-reactive ketones (excluding diaryl/α,β-unsaturated/α-hetero) is 1. The van der Waals surface area contributed by atoms with Crippen LogP contribution < -0.4 is 5.73 Å². The average Bonchev–Trinajstić information content (AvgIpc) is 2.75. The zero-order valence-corrected chi connectivity index (χ0v) is 9.47. The number of anilines is 1. The number of hydrogen-bond acceptors (Lipinski definition) is 4. The van der Waals surface area contributed by atoms with Crippen molar-refractivity contribution in [3.8, 4) is 0 Å². The molecule has 2 heterocycles. The van der Waals surface area contributed by atoms with E-state index in [1.54, 1.807) is 0 Å². The number of carbonyl (C=O) groups is 1. The summed E-state index contributed by atoms with van der Waals surface area (Å²) < 4.78 is 2.12. The third kappa shape index (κ3) is 1.67. The van der Waals surface area contributed by atoms with Gasteiger partial charge in [0.15, 0.2) is 0 Å². The molecule has 2 N–H and O–H groups in total. The quantitative estimate of drug-likeness (QED) is 0.809. The highest BCUT2D eigenvalue weighted by Gasteiger charge is 2.21. The van der Waals surface area contributed by atoms with Gasteiger partial charge in [-0.05, 0) is 18.9 Å². The maximum atomic E-state index is 11.2. The minimum Gasteiger partial charge on any atom is -0.383 e. The van der Waals surface area contributed by atoms with Gasteiger partial charge in [-0.2, -0.15) is 0 Å². The molecule has 0 aromatic carbocycles. The predicted octanol–water partition coefficient (Wildman–Crippen LogP) is 1.70. The van der Waals surface area contributed by atoms with E-state index >= 15 is 0 Å². The molecule has 0 spiro atoms. The Morgan fingerprint density at radius 2 is 2.06 bits per heavy atom. The zero-order valence-electron chi connectivity index (χ0n) is 9.47. The van der Waals surface area contributed by atoms with Crippen molar-refractivity contribution in [2.24, 2.45) is 0 Å². The van der Waals surface area contributed by atoms with Crippen LogP contribution in [0.25, 0.3) is 11.0 Å². The van der Waals surface area contributed by atoms with Crippen LogP contribution in [0.3, 0.4) is 0 Å². The molecule has 2 aromatic heterocycles. The number of nitrogen functional groups attached to an aromatic ring is 1. The van der Waals surface area contributed by atoms with E-state index in [4.69, 9.17) is 5.73 Å². The predicted molar refractivity (Wildman–Crippen MR) is 64.5 cm³/mol. The topological polar surface area (TPSA) is 73.8 Å². The lowest BCUT2D eigenvalue weighted by Crippen LogP contribution is -2.17. The Kier molecular flexibility index (Phi) is 2.31. The fraction of sp³-hybridized carbons (Fsp3) is 0.417. The summed E-state index contributed by atoms with van der Waals surface area (Å²) in [7, 11) is 0. The van der Waals surface area contributed by atoms with E-state index in [0.717, 1.165) is 23.9 Å². The van der Waals surface area contributed by atoms with Crippen molar-refractivity contribution in [1.29, 1.82) is 0 Å². The molecule has 3 rings (SSSR count). The van der Waals surface area contributed by atoms with Gasteiger partial charge in [0.05, 0.1) is 5.39 Å². The maximum absolute atomic E-state index is 11.2. The lowest BCUT2D eigenvalue weighted by molar-refractivity contribution is -0.120. The Labute approximate surface area is 98.7 Å². The highest BCUT2D eigenvalue weighted by molar-refractivity contribution is 5.86. The third-order valence-electron chi connectivity index (χ3n) is 3.45. The van der Waals surface area contributed by atoms with E-state index in [1.165, 1.54) is 6.33 Å². The first kappa shape index (κ1) is 10.3. The van der Waals surface area contributed by atoms with E-state index in [-0.39, 0.29) is 0 Å². The standard InChI is InChI=1S/C12H14N4O/c13-11-10-5-6-16(12(10)15-7-14-11)8-1-3-9(17)4-2-8/h5-8H,1-4H2,(H2,13,14,15). The van der Waals surface area contributed by atoms with Crippen LogP contribution in [0.2, 0.25) is 0 Å². The van der Waals surface area contributed by atoms with Gasteiger partial charge in [0.2, 0.25) is 0 Å². The molecule has 5 nitrogen and oxygen atoms in total.